The number of carbonyl (C=O) groups excluding carboxylic acids is 5. The van der Waals surface area contributed by atoms with E-state index in [4.69, 9.17) is 0 Å². The van der Waals surface area contributed by atoms with Gasteiger partial charge in [-0.05, 0) is 82.5 Å². The molecular weight excluding hydrogens is 622 g/mol. The summed E-state index contributed by atoms with van der Waals surface area (Å²) in [6.07, 6.45) is 14.2. The lowest BCUT2D eigenvalue weighted by Gasteiger charge is -2.44. The Kier molecular flexibility index (Phi) is 11.7. The Labute approximate surface area is 281 Å². The molecule has 5 rings (SSSR count). The van der Waals surface area contributed by atoms with E-state index in [1.807, 2.05) is 6.92 Å². The molecule has 0 aromatic carbocycles. The lowest BCUT2D eigenvalue weighted by molar-refractivity contribution is -0.144. The molecule has 1 aliphatic heterocycles. The van der Waals surface area contributed by atoms with Gasteiger partial charge in [0.05, 0.1) is 16.8 Å². The van der Waals surface area contributed by atoms with Crippen molar-refractivity contribution in [2.45, 2.75) is 164 Å². The van der Waals surface area contributed by atoms with Crippen molar-refractivity contribution < 1.29 is 32.7 Å². The van der Waals surface area contributed by atoms with Crippen LogP contribution in [0.3, 0.4) is 0 Å². The highest BCUT2D eigenvalue weighted by Crippen LogP contribution is 2.41. The Balaban J connectivity index is 1.31. The van der Waals surface area contributed by atoms with Gasteiger partial charge in [-0.3, -0.25) is 19.2 Å². The van der Waals surface area contributed by atoms with Crippen LogP contribution >= 0.6 is 0 Å². The number of carbonyl (C=O) groups is 5. The third-order valence-electron chi connectivity index (χ3n) is 11.6. The standard InChI is InChI=1S/C34H55N5O7S/c1-22(47(45)46)34(19-7-4-8-20-34)38-32(44)37-28(33(2)17-5-3-6-18-33)31(43)39-21-9-10-26(39)29(41)36-25(16-13-23-11-12-23)27(40)30(42)35-24-14-15-24/h22-26,28H,3-21H2,1-2H3,(H,35,42)(H,36,41)(H,45,46)(H2,37,38,44). The molecule has 0 aromatic heterocycles. The highest BCUT2D eigenvalue weighted by atomic mass is 32.2. The van der Waals surface area contributed by atoms with Crippen molar-refractivity contribution in [3.63, 3.8) is 0 Å². The Bertz CT molecular complexity index is 1210. The molecule has 1 heterocycles. The average Bonchev–Trinajstić information content (AvgIpc) is 4.00. The summed E-state index contributed by atoms with van der Waals surface area (Å²) in [4.78, 5) is 69.4. The molecule has 5 unspecified atom stereocenters. The zero-order valence-corrected chi connectivity index (χ0v) is 29.0. The summed E-state index contributed by atoms with van der Waals surface area (Å²) >= 11 is -2.13. The van der Waals surface area contributed by atoms with Crippen LogP contribution in [0.4, 0.5) is 4.79 Å². The molecule has 12 nitrogen and oxygen atoms in total. The van der Waals surface area contributed by atoms with E-state index in [9.17, 15) is 32.7 Å². The summed E-state index contributed by atoms with van der Waals surface area (Å²) in [7, 11) is 0. The molecule has 0 bridgehead atoms. The second-order valence-corrected chi connectivity index (χ2v) is 16.5. The molecule has 5 atom stereocenters. The molecule has 4 saturated carbocycles. The van der Waals surface area contributed by atoms with E-state index < -0.39 is 69.0 Å². The van der Waals surface area contributed by atoms with Gasteiger partial charge >= 0.3 is 6.03 Å². The summed E-state index contributed by atoms with van der Waals surface area (Å²) in [6.45, 7) is 4.05. The fourth-order valence-electron chi connectivity index (χ4n) is 8.04. The van der Waals surface area contributed by atoms with Crippen molar-refractivity contribution in [2.24, 2.45) is 11.3 Å². The smallest absolute Gasteiger partial charge is 0.315 e. The number of nitrogens with one attached hydrogen (secondary N) is 4. The maximum Gasteiger partial charge on any atom is 0.315 e. The Morgan fingerprint density at radius 3 is 2.11 bits per heavy atom. The summed E-state index contributed by atoms with van der Waals surface area (Å²) in [5, 5.41) is 11.0. The normalized spacial score (nSPS) is 26.3. The second kappa shape index (κ2) is 15.3. The third-order valence-corrected chi connectivity index (χ3v) is 12.6. The summed E-state index contributed by atoms with van der Waals surface area (Å²) in [5.74, 6) is -1.56. The fourth-order valence-corrected chi connectivity index (χ4v) is 8.72. The lowest BCUT2D eigenvalue weighted by Crippen LogP contribution is -2.65. The van der Waals surface area contributed by atoms with E-state index in [1.165, 1.54) is 0 Å². The maximum atomic E-state index is 14.5. The van der Waals surface area contributed by atoms with Crippen LogP contribution in [0.2, 0.25) is 0 Å². The molecule has 47 heavy (non-hydrogen) atoms. The number of hydrogen-bond acceptors (Lipinski definition) is 6. The minimum absolute atomic E-state index is 0.0268. The Morgan fingerprint density at radius 1 is 0.872 bits per heavy atom. The molecule has 1 saturated heterocycles. The minimum atomic E-state index is -2.13. The van der Waals surface area contributed by atoms with Gasteiger partial charge in [-0.15, -0.1) is 0 Å². The fraction of sp³-hybridized carbons (Fsp3) is 0.853. The number of amides is 5. The van der Waals surface area contributed by atoms with Crippen LogP contribution in [0.5, 0.6) is 0 Å². The Morgan fingerprint density at radius 2 is 1.51 bits per heavy atom. The number of rotatable bonds is 14. The number of ketones is 1. The summed E-state index contributed by atoms with van der Waals surface area (Å²) < 4.78 is 22.1. The number of likely N-dealkylation sites (tertiary alicyclic amines) is 1. The highest BCUT2D eigenvalue weighted by molar-refractivity contribution is 7.80. The van der Waals surface area contributed by atoms with E-state index in [2.05, 4.69) is 21.3 Å². The van der Waals surface area contributed by atoms with E-state index in [0.29, 0.717) is 44.6 Å². The number of urea groups is 1. The van der Waals surface area contributed by atoms with Crippen LogP contribution in [0.15, 0.2) is 0 Å². The summed E-state index contributed by atoms with van der Waals surface area (Å²) in [5.41, 5.74) is -1.39. The minimum Gasteiger partial charge on any atom is -0.347 e. The van der Waals surface area contributed by atoms with Crippen molar-refractivity contribution in [2.75, 3.05) is 6.54 Å². The monoisotopic (exact) mass is 677 g/mol. The quantitative estimate of drug-likeness (QED) is 0.138. The van der Waals surface area contributed by atoms with Crippen LogP contribution < -0.4 is 21.3 Å². The van der Waals surface area contributed by atoms with Crippen LogP contribution in [0.1, 0.15) is 129 Å². The van der Waals surface area contributed by atoms with Gasteiger partial charge in [0.25, 0.3) is 5.91 Å². The first-order valence-electron chi connectivity index (χ1n) is 18.1. The molecule has 13 heteroatoms. The predicted molar refractivity (Wildman–Crippen MR) is 177 cm³/mol. The molecule has 5 aliphatic rings. The number of hydrogen-bond donors (Lipinski definition) is 5. The molecule has 5 N–H and O–H groups in total. The van der Waals surface area contributed by atoms with Crippen LogP contribution in [-0.2, 0) is 30.3 Å². The highest BCUT2D eigenvalue weighted by Gasteiger charge is 2.48. The van der Waals surface area contributed by atoms with Crippen LogP contribution in [0.25, 0.3) is 0 Å². The molecule has 5 amide bonds. The van der Waals surface area contributed by atoms with Gasteiger partial charge in [0, 0.05) is 12.6 Å². The Hall–Kier alpha value is -2.54. The molecule has 0 aromatic rings. The zero-order valence-electron chi connectivity index (χ0n) is 28.2. The van der Waals surface area contributed by atoms with Crippen LogP contribution in [0, 0.1) is 11.3 Å². The molecule has 0 spiro atoms. The molecular formula is C34H55N5O7S. The SMILES string of the molecule is CC(S(=O)O)C1(NC(=O)NC(C(=O)N2CCCC2C(=O)NC(CCC2CC2)C(=O)C(=O)NC2CC2)C2(C)CCCCC2)CCCCC1. The first-order chi connectivity index (χ1) is 22.4. The van der Waals surface area contributed by atoms with Crippen molar-refractivity contribution in [3.05, 3.63) is 0 Å². The average molecular weight is 678 g/mol. The topological polar surface area (TPSA) is 174 Å². The first kappa shape index (κ1) is 35.8. The molecule has 5 fully saturated rings. The second-order valence-electron chi connectivity index (χ2n) is 15.3. The summed E-state index contributed by atoms with van der Waals surface area (Å²) in [6, 6.07) is -3.17. The largest absolute Gasteiger partial charge is 0.347 e. The zero-order chi connectivity index (χ0) is 33.8. The van der Waals surface area contributed by atoms with Crippen molar-refractivity contribution >= 4 is 40.6 Å². The van der Waals surface area contributed by atoms with Gasteiger partial charge in [-0.25, -0.2) is 9.00 Å². The molecule has 0 radical (unpaired) electrons. The van der Waals surface area contributed by atoms with E-state index >= 15 is 0 Å². The van der Waals surface area contributed by atoms with Crippen molar-refractivity contribution in [1.29, 1.82) is 0 Å². The van der Waals surface area contributed by atoms with Gasteiger partial charge in [0.15, 0.2) is 11.1 Å². The number of Topliss-reactive ketones (excluding diaryl/α,β-unsaturated/α-hetero) is 1. The lowest BCUT2D eigenvalue weighted by atomic mass is 9.70. The first-order valence-corrected chi connectivity index (χ1v) is 19.2. The molecule has 4 aliphatic carbocycles. The van der Waals surface area contributed by atoms with E-state index in [0.717, 1.165) is 83.5 Å². The van der Waals surface area contributed by atoms with E-state index in [-0.39, 0.29) is 11.9 Å². The van der Waals surface area contributed by atoms with Crippen LogP contribution in [-0.4, -0.2) is 84.7 Å². The van der Waals surface area contributed by atoms with Gasteiger partial charge in [0.2, 0.25) is 17.6 Å². The molecule has 264 valence electrons. The van der Waals surface area contributed by atoms with Gasteiger partial charge in [0.1, 0.15) is 12.1 Å². The van der Waals surface area contributed by atoms with Gasteiger partial charge in [-0.2, -0.15) is 0 Å². The third kappa shape index (κ3) is 8.93. The maximum absolute atomic E-state index is 14.5. The van der Waals surface area contributed by atoms with Gasteiger partial charge < -0.3 is 30.7 Å². The van der Waals surface area contributed by atoms with Crippen molar-refractivity contribution in [1.82, 2.24) is 26.2 Å². The number of nitrogens with zero attached hydrogens (tertiary/aromatic N) is 1. The van der Waals surface area contributed by atoms with Crippen molar-refractivity contribution in [3.8, 4) is 0 Å². The predicted octanol–water partition coefficient (Wildman–Crippen LogP) is 3.45. The van der Waals surface area contributed by atoms with Gasteiger partial charge in [-0.1, -0.05) is 58.3 Å². The van der Waals surface area contributed by atoms with E-state index in [1.54, 1.807) is 11.8 Å².